The number of fused-ring (bicyclic) bond motifs is 7. The Morgan fingerprint density at radius 1 is 0.443 bits per heavy atom. The number of aliphatic hydroxyl groups is 21. The first-order chi connectivity index (χ1) is 61.8. The van der Waals surface area contributed by atoms with Crippen molar-refractivity contribution < 1.29 is 213 Å². The molecule has 8 aliphatic heterocycles. The molecule has 8 saturated heterocycles. The molecule has 0 aromatic carbocycles. The quantitative estimate of drug-likeness (QED) is 0.00584. The molecule has 45 nitrogen and oxygen atoms in total. The van der Waals surface area contributed by atoms with E-state index in [0.717, 1.165) is 37.7 Å². The summed E-state index contributed by atoms with van der Waals surface area (Å²) in [4.78, 5) is 48.1. The van der Waals surface area contributed by atoms with Gasteiger partial charge in [-0.1, -0.05) is 84.8 Å². The lowest BCUT2D eigenvalue weighted by molar-refractivity contribution is -0.419. The van der Waals surface area contributed by atoms with Crippen molar-refractivity contribution in [2.75, 3.05) is 33.0 Å². The van der Waals surface area contributed by atoms with E-state index in [1.807, 2.05) is 13.8 Å². The fraction of sp³-hybridized carbons (Fsp3) is 0.942. The Bertz CT molecular complexity index is 3770. The first-order valence-electron chi connectivity index (χ1n) is 46.2. The van der Waals surface area contributed by atoms with E-state index in [0.29, 0.717) is 57.8 Å². The van der Waals surface area contributed by atoms with E-state index in [9.17, 15) is 122 Å². The lowest BCUT2D eigenvalue weighted by Gasteiger charge is -2.71. The summed E-state index contributed by atoms with van der Waals surface area (Å²) in [5, 5.41) is 261. The Labute approximate surface area is 757 Å². The smallest absolute Gasteiger partial charge is 0.317 e. The zero-order chi connectivity index (χ0) is 95.5. The minimum Gasteiger partial charge on any atom is -0.432 e. The van der Waals surface area contributed by atoms with Crippen LogP contribution in [0, 0.1) is 44.8 Å². The lowest BCUT2D eigenvalue weighted by Crippen LogP contribution is -2.71. The summed E-state index contributed by atoms with van der Waals surface area (Å²) < 4.78 is 98.7. The fourth-order valence-corrected chi connectivity index (χ4v) is 23.4. The van der Waals surface area contributed by atoms with Crippen LogP contribution in [0.15, 0.2) is 11.6 Å². The number of carbonyl (C=O) groups excluding carboxylic acids is 3. The average molecular weight is 1890 g/mol. The van der Waals surface area contributed by atoms with Gasteiger partial charge in [0.25, 0.3) is 5.91 Å². The topological polar surface area (TPSA) is 697 Å². The third kappa shape index (κ3) is 20.4. The fourth-order valence-electron chi connectivity index (χ4n) is 23.4. The van der Waals surface area contributed by atoms with Gasteiger partial charge in [0.15, 0.2) is 56.2 Å². The van der Waals surface area contributed by atoms with Gasteiger partial charge in [-0.25, -0.2) is 10.4 Å². The molecule has 0 aromatic rings. The number of hydrogen-bond acceptors (Lipinski definition) is 43. The Hall–Kier alpha value is -3.41. The SMILES string of the molecule is CC1OC(O[C@@H]2C(O[C@@H]3OC(CO)[C@H](O)[C@H](O)C3O)[C@H](O[C@H]3CCC4(C)C5CC=C6C7CC(C)(C)CCC7(C(=O)O[C@@H]7OC(C)[C@H](O)[C@H](O)C7OC7OC(C)[C@H](O[C@@H]8OC[C@@H](O)[C@H](O)C8O)C(O[C@@H]8OC(CO)[C@@H](O)[C@H](O[C@@H]9OC[C@@H](O)[C@H](O)C9O)C8O)[C@@H]7O)[C@@H](O)C[C@@]6(C)C5(C)CC[C@H]4C3(C)OO)OC(C(=O)NCCCCCCCCCCC(=O)NO)[C@H]2O)C(O)C(O)C1O. The molecule has 0 bridgehead atoms. The molecule has 131 heavy (non-hydrogen) atoms. The maximum atomic E-state index is 16.2. The molecule has 0 aromatic heterocycles. The minimum atomic E-state index is -2.24. The van der Waals surface area contributed by atoms with Gasteiger partial charge in [-0.3, -0.25) is 24.8 Å². The molecule has 2 amide bonds. The average Bonchev–Trinajstić information content (AvgIpc) is 0.668. The summed E-state index contributed by atoms with van der Waals surface area (Å²) in [7, 11) is 0. The van der Waals surface area contributed by atoms with Crippen molar-refractivity contribution in [1.82, 2.24) is 10.8 Å². The van der Waals surface area contributed by atoms with E-state index >= 15 is 4.79 Å². The van der Waals surface area contributed by atoms with E-state index in [-0.39, 0.29) is 38.1 Å². The Morgan fingerprint density at radius 3 is 1.54 bits per heavy atom. The van der Waals surface area contributed by atoms with Crippen LogP contribution in [0.2, 0.25) is 0 Å². The van der Waals surface area contributed by atoms with Gasteiger partial charge in [0.1, 0.15) is 164 Å². The monoisotopic (exact) mass is 1890 g/mol. The number of unbranched alkanes of at least 4 members (excludes halogenated alkanes) is 7. The molecule has 25 N–H and O–H groups in total. The molecule has 0 spiro atoms. The molecule has 754 valence electrons. The molecular formula is C86H142N2O43. The molecule has 24 unspecified atom stereocenters. The standard InChI is InChI=1S/C86H142N2O43/c1-34-48(95)54(101)59(106)74(117-34)125-66-61(108)68(71(111)87-27-17-15-13-11-10-12-14-16-18-47(94)88-113)127-79(70(66)129-75-60(107)55(102)52(99)41(30-89)120-75)122-46-22-23-82(6)43-20-19-37-38-28-81(4,5)25-26-86(38,45(93)29-84(37,8)83(43,7)24-21-44(82)85(46,9)131-114)80(112)130-78-69(56(103)49(96)35(2)118-78)128-76-63(110)67(64(36(3)119-76)123-72-57(104)50(97)39(91)32-115-72)126-77-62(109)65(53(100)42(31-90)121-77)124-73-58(105)51(98)40(92)33-116-73/h19,34-36,38-46,48-70,72-79,89-93,95-110,113-114H,10-18,20-33H2,1-9H3,(H,87,111)(H,88,94)/t34?,35?,36?,38?,39-,40-,41?,42?,43?,44-,45+,46+,48?,49+,50+,51+,52+,53-,54?,55+,56+,57?,58?,59?,60?,61+,62?,63+,64+,65+,66+,67?,68?,69?,70?,72+,73+,74?,75+,76?,77+,78+,79-,82?,83?,84-,85?,86?/m1/s1. The van der Waals surface area contributed by atoms with E-state index in [1.54, 1.807) is 12.4 Å². The molecule has 45 heteroatoms. The Balaban J connectivity index is 0.762. The van der Waals surface area contributed by atoms with Gasteiger partial charge in [-0.15, -0.1) is 0 Å². The zero-order valence-electron chi connectivity index (χ0n) is 75.1. The van der Waals surface area contributed by atoms with Crippen molar-refractivity contribution in [1.29, 1.82) is 0 Å². The third-order valence-electron chi connectivity index (χ3n) is 31.5. The van der Waals surface area contributed by atoms with Crippen molar-refractivity contribution >= 4 is 17.8 Å². The molecule has 13 aliphatic rings. The summed E-state index contributed by atoms with van der Waals surface area (Å²) in [5.74, 6) is -4.04. The summed E-state index contributed by atoms with van der Waals surface area (Å²) in [6.07, 6.45) is -63.3. The predicted molar refractivity (Wildman–Crippen MR) is 434 cm³/mol. The molecular weight excluding hydrogens is 1750 g/mol. The zero-order valence-corrected chi connectivity index (χ0v) is 75.1. The Kier molecular flexibility index (Phi) is 34.1. The highest BCUT2D eigenvalue weighted by Gasteiger charge is 2.74. The summed E-state index contributed by atoms with van der Waals surface area (Å²) in [6.45, 7) is 13.2. The van der Waals surface area contributed by atoms with Crippen LogP contribution in [0.3, 0.4) is 0 Å². The van der Waals surface area contributed by atoms with Gasteiger partial charge in [-0.05, 0) is 138 Å². The molecule has 5 aliphatic carbocycles. The Morgan fingerprint density at radius 2 is 0.939 bits per heavy atom. The number of carbonyl (C=O) groups is 3. The van der Waals surface area contributed by atoms with Crippen LogP contribution in [-0.2, 0) is 95.1 Å². The van der Waals surface area contributed by atoms with E-state index in [2.05, 4.69) is 32.2 Å². The normalized spacial score (nSPS) is 50.6. The highest BCUT2D eigenvalue weighted by atomic mass is 17.1. The van der Waals surface area contributed by atoms with Crippen molar-refractivity contribution in [3.63, 3.8) is 0 Å². The van der Waals surface area contributed by atoms with Crippen LogP contribution >= 0.6 is 0 Å². The molecule has 4 saturated carbocycles. The van der Waals surface area contributed by atoms with Crippen LogP contribution in [0.25, 0.3) is 0 Å². The molecule has 12 fully saturated rings. The van der Waals surface area contributed by atoms with E-state index in [4.69, 9.17) is 85.9 Å². The summed E-state index contributed by atoms with van der Waals surface area (Å²) >= 11 is 0. The van der Waals surface area contributed by atoms with Gasteiger partial charge >= 0.3 is 5.97 Å². The first-order valence-corrected chi connectivity index (χ1v) is 46.2. The number of hydroxylamine groups is 1. The third-order valence-corrected chi connectivity index (χ3v) is 31.5. The number of nitrogens with one attached hydrogen (secondary N) is 2. The van der Waals surface area contributed by atoms with Crippen molar-refractivity contribution in [2.45, 2.75) is 429 Å². The number of rotatable bonds is 31. The van der Waals surface area contributed by atoms with Crippen molar-refractivity contribution in [3.05, 3.63) is 11.6 Å². The molecule has 48 atom stereocenters. The van der Waals surface area contributed by atoms with E-state index < -0.39 is 334 Å². The highest BCUT2D eigenvalue weighted by molar-refractivity contribution is 5.82. The van der Waals surface area contributed by atoms with Crippen LogP contribution in [0.4, 0.5) is 0 Å². The second-order valence-electron chi connectivity index (χ2n) is 40.2. The van der Waals surface area contributed by atoms with Crippen molar-refractivity contribution in [2.24, 2.45) is 44.8 Å². The van der Waals surface area contributed by atoms with Gasteiger partial charge in [-0.2, -0.15) is 0 Å². The number of amides is 2. The second-order valence-corrected chi connectivity index (χ2v) is 40.2. The number of allylic oxidation sites excluding steroid dienone is 2. The first kappa shape index (κ1) is 105. The summed E-state index contributed by atoms with van der Waals surface area (Å²) in [6, 6.07) is 0. The predicted octanol–water partition coefficient (Wildman–Crippen LogP) is -6.04. The van der Waals surface area contributed by atoms with Gasteiger partial charge in [0, 0.05) is 13.0 Å². The van der Waals surface area contributed by atoms with Gasteiger partial charge < -0.3 is 188 Å². The summed E-state index contributed by atoms with van der Waals surface area (Å²) in [5.41, 5.74) is -3.99. The maximum absolute atomic E-state index is 16.2. The largest absolute Gasteiger partial charge is 0.432 e. The number of hydrogen-bond donors (Lipinski definition) is 25. The van der Waals surface area contributed by atoms with Crippen LogP contribution in [-0.4, -0.2) is 420 Å². The van der Waals surface area contributed by atoms with Crippen LogP contribution in [0.1, 0.15) is 178 Å². The number of aliphatic hydroxyl groups excluding tert-OH is 21. The van der Waals surface area contributed by atoms with Crippen molar-refractivity contribution in [3.8, 4) is 0 Å². The lowest BCUT2D eigenvalue weighted by atomic mass is 9.34. The van der Waals surface area contributed by atoms with Crippen LogP contribution < -0.4 is 10.8 Å². The van der Waals surface area contributed by atoms with Gasteiger partial charge in [0.05, 0.1) is 56.9 Å². The molecule has 0 radical (unpaired) electrons. The van der Waals surface area contributed by atoms with E-state index in [1.165, 1.54) is 20.8 Å². The van der Waals surface area contributed by atoms with Gasteiger partial charge in [0.2, 0.25) is 12.2 Å². The highest BCUT2D eigenvalue weighted by Crippen LogP contribution is 2.76. The molecule has 8 heterocycles. The molecule has 13 rings (SSSR count). The number of esters is 1. The second kappa shape index (κ2) is 42.6. The minimum absolute atomic E-state index is 0.0276. The number of ether oxygens (including phenoxy) is 16. The maximum Gasteiger partial charge on any atom is 0.317 e. The van der Waals surface area contributed by atoms with Crippen LogP contribution in [0.5, 0.6) is 0 Å².